The van der Waals surface area contributed by atoms with Gasteiger partial charge < -0.3 is 4.74 Å². The Hall–Kier alpha value is 0.0600. The van der Waals surface area contributed by atoms with Crippen molar-refractivity contribution in [3.63, 3.8) is 0 Å². The average molecular weight is 262 g/mol. The highest BCUT2D eigenvalue weighted by Crippen LogP contribution is 2.31. The zero-order valence-corrected chi connectivity index (χ0v) is 7.10. The Bertz CT molecular complexity index is 160. The van der Waals surface area contributed by atoms with E-state index in [1.54, 1.807) is 0 Å². The summed E-state index contributed by atoms with van der Waals surface area (Å²) in [4.78, 5) is 10.3. The lowest BCUT2D eigenvalue weighted by atomic mass is 10.2. The molecule has 0 saturated carbocycles. The molecule has 0 aromatic carbocycles. The zero-order valence-electron chi connectivity index (χ0n) is 4.94. The molecule has 1 aliphatic heterocycles. The summed E-state index contributed by atoms with van der Waals surface area (Å²) in [5.41, 5.74) is 0. The number of ether oxygens (including phenoxy) is 1. The SMILES string of the molecule is O=C1O[C@@H](CI)CC1(F)F. The molecule has 0 aromatic heterocycles. The summed E-state index contributed by atoms with van der Waals surface area (Å²) in [5, 5.41) is 0. The number of esters is 1. The number of hydrogen-bond acceptors (Lipinski definition) is 2. The second-order valence-electron chi connectivity index (χ2n) is 2.09. The van der Waals surface area contributed by atoms with Gasteiger partial charge in [-0.25, -0.2) is 4.79 Å². The predicted molar refractivity (Wildman–Crippen MR) is 38.3 cm³/mol. The Balaban J connectivity index is 2.62. The van der Waals surface area contributed by atoms with Gasteiger partial charge in [0.15, 0.2) is 0 Å². The molecule has 2 nitrogen and oxygen atoms in total. The maximum Gasteiger partial charge on any atom is 0.377 e. The van der Waals surface area contributed by atoms with Gasteiger partial charge >= 0.3 is 11.9 Å². The van der Waals surface area contributed by atoms with Crippen LogP contribution in [0.4, 0.5) is 8.78 Å². The van der Waals surface area contributed by atoms with E-state index in [-0.39, 0.29) is 0 Å². The Morgan fingerprint density at radius 1 is 1.80 bits per heavy atom. The van der Waals surface area contributed by atoms with Crippen LogP contribution in [-0.4, -0.2) is 22.4 Å². The first-order chi connectivity index (χ1) is 4.56. The van der Waals surface area contributed by atoms with E-state index in [2.05, 4.69) is 4.74 Å². The summed E-state index contributed by atoms with van der Waals surface area (Å²) in [5.74, 6) is -4.62. The van der Waals surface area contributed by atoms with Gasteiger partial charge in [-0.05, 0) is 0 Å². The predicted octanol–water partition coefficient (Wildman–Crippen LogP) is 1.37. The summed E-state index contributed by atoms with van der Waals surface area (Å²) >= 11 is 1.91. The molecule has 0 aliphatic carbocycles. The van der Waals surface area contributed by atoms with Crippen molar-refractivity contribution in [2.45, 2.75) is 18.4 Å². The topological polar surface area (TPSA) is 26.3 Å². The van der Waals surface area contributed by atoms with Crippen LogP contribution >= 0.6 is 22.6 Å². The highest BCUT2D eigenvalue weighted by molar-refractivity contribution is 14.1. The van der Waals surface area contributed by atoms with E-state index in [4.69, 9.17) is 0 Å². The zero-order chi connectivity index (χ0) is 7.78. The van der Waals surface area contributed by atoms with E-state index < -0.39 is 24.4 Å². The summed E-state index contributed by atoms with van der Waals surface area (Å²) in [7, 11) is 0. The number of carbonyl (C=O) groups is 1. The minimum atomic E-state index is -3.24. The smallest absolute Gasteiger partial charge is 0.377 e. The molecule has 0 N–H and O–H groups in total. The van der Waals surface area contributed by atoms with Crippen LogP contribution in [0.2, 0.25) is 0 Å². The normalized spacial score (nSPS) is 30.3. The molecule has 5 heteroatoms. The van der Waals surface area contributed by atoms with Crippen LogP contribution in [0.15, 0.2) is 0 Å². The van der Waals surface area contributed by atoms with Gasteiger partial charge in [0.05, 0.1) is 6.42 Å². The summed E-state index contributed by atoms with van der Waals surface area (Å²) in [6, 6.07) is 0. The first kappa shape index (κ1) is 8.16. The molecule has 1 heterocycles. The van der Waals surface area contributed by atoms with Gasteiger partial charge in [-0.3, -0.25) is 0 Å². The van der Waals surface area contributed by atoms with Crippen LogP contribution < -0.4 is 0 Å². The molecule has 0 radical (unpaired) electrons. The standard InChI is InChI=1S/C5H5F2IO2/c6-5(7)1-3(2-8)10-4(5)9/h3H,1-2H2/t3-/m1/s1. The largest absolute Gasteiger partial charge is 0.457 e. The first-order valence-corrected chi connectivity index (χ1v) is 4.23. The van der Waals surface area contributed by atoms with Crippen molar-refractivity contribution >= 4 is 28.6 Å². The Morgan fingerprint density at radius 3 is 2.60 bits per heavy atom. The van der Waals surface area contributed by atoms with E-state index in [1.807, 2.05) is 22.6 Å². The monoisotopic (exact) mass is 262 g/mol. The van der Waals surface area contributed by atoms with Gasteiger partial charge in [0.2, 0.25) is 0 Å². The van der Waals surface area contributed by atoms with E-state index in [1.165, 1.54) is 0 Å². The lowest BCUT2D eigenvalue weighted by Gasteiger charge is -2.00. The lowest BCUT2D eigenvalue weighted by Crippen LogP contribution is -2.21. The Kier molecular flexibility index (Phi) is 2.12. The lowest BCUT2D eigenvalue weighted by molar-refractivity contribution is -0.158. The fraction of sp³-hybridized carbons (Fsp3) is 0.800. The van der Waals surface area contributed by atoms with Crippen LogP contribution in [0.5, 0.6) is 0 Å². The molecule has 0 amide bonds. The highest BCUT2D eigenvalue weighted by Gasteiger charge is 2.50. The van der Waals surface area contributed by atoms with Crippen LogP contribution in [0.3, 0.4) is 0 Å². The van der Waals surface area contributed by atoms with Crippen LogP contribution in [0.1, 0.15) is 6.42 Å². The average Bonchev–Trinajstić information content (AvgIpc) is 2.08. The minimum Gasteiger partial charge on any atom is -0.457 e. The fourth-order valence-corrected chi connectivity index (χ4v) is 1.23. The molecular formula is C5H5F2IO2. The molecule has 58 valence electrons. The Labute approximate surface area is 70.1 Å². The van der Waals surface area contributed by atoms with E-state index >= 15 is 0 Å². The van der Waals surface area contributed by atoms with E-state index in [0.717, 1.165) is 0 Å². The molecular weight excluding hydrogens is 257 g/mol. The van der Waals surface area contributed by atoms with Crippen molar-refractivity contribution in [2.75, 3.05) is 4.43 Å². The van der Waals surface area contributed by atoms with Crippen LogP contribution in [0.25, 0.3) is 0 Å². The minimum absolute atomic E-state index is 0.430. The number of halogens is 3. The van der Waals surface area contributed by atoms with Gasteiger partial charge in [0.25, 0.3) is 0 Å². The third-order valence-electron chi connectivity index (χ3n) is 1.23. The van der Waals surface area contributed by atoms with Crippen LogP contribution in [-0.2, 0) is 9.53 Å². The molecule has 0 spiro atoms. The highest BCUT2D eigenvalue weighted by atomic mass is 127. The number of alkyl halides is 3. The van der Waals surface area contributed by atoms with Crippen molar-refractivity contribution < 1.29 is 18.3 Å². The fourth-order valence-electron chi connectivity index (χ4n) is 0.735. The van der Waals surface area contributed by atoms with Crippen molar-refractivity contribution in [1.29, 1.82) is 0 Å². The second kappa shape index (κ2) is 2.60. The van der Waals surface area contributed by atoms with Gasteiger partial charge in [0.1, 0.15) is 6.10 Å². The molecule has 1 aliphatic rings. The Morgan fingerprint density at radius 2 is 2.40 bits per heavy atom. The van der Waals surface area contributed by atoms with Crippen molar-refractivity contribution in [3.8, 4) is 0 Å². The maximum absolute atomic E-state index is 12.3. The van der Waals surface area contributed by atoms with E-state index in [0.29, 0.717) is 4.43 Å². The van der Waals surface area contributed by atoms with Crippen molar-refractivity contribution in [3.05, 3.63) is 0 Å². The molecule has 0 aromatic rings. The number of hydrogen-bond donors (Lipinski definition) is 0. The first-order valence-electron chi connectivity index (χ1n) is 2.71. The second-order valence-corrected chi connectivity index (χ2v) is 2.97. The number of carbonyl (C=O) groups excluding carboxylic acids is 1. The van der Waals surface area contributed by atoms with Gasteiger partial charge in [-0.1, -0.05) is 22.6 Å². The third-order valence-corrected chi connectivity index (χ3v) is 2.21. The maximum atomic E-state index is 12.3. The molecule has 0 unspecified atom stereocenters. The third kappa shape index (κ3) is 1.38. The van der Waals surface area contributed by atoms with Gasteiger partial charge in [-0.2, -0.15) is 8.78 Å². The molecule has 1 fully saturated rings. The van der Waals surface area contributed by atoms with Gasteiger partial charge in [0, 0.05) is 4.43 Å². The van der Waals surface area contributed by atoms with Crippen molar-refractivity contribution in [1.82, 2.24) is 0 Å². The summed E-state index contributed by atoms with van der Waals surface area (Å²) in [6.07, 6.45) is -1.06. The molecule has 0 bridgehead atoms. The summed E-state index contributed by atoms with van der Waals surface area (Å²) < 4.78 is 29.4. The molecule has 1 atom stereocenters. The van der Waals surface area contributed by atoms with E-state index in [9.17, 15) is 13.6 Å². The molecule has 10 heavy (non-hydrogen) atoms. The van der Waals surface area contributed by atoms with Gasteiger partial charge in [-0.15, -0.1) is 0 Å². The van der Waals surface area contributed by atoms with Crippen LogP contribution in [0, 0.1) is 0 Å². The number of cyclic esters (lactones) is 1. The molecule has 1 saturated heterocycles. The van der Waals surface area contributed by atoms with Crippen molar-refractivity contribution in [2.24, 2.45) is 0 Å². The summed E-state index contributed by atoms with van der Waals surface area (Å²) in [6.45, 7) is 0. The number of rotatable bonds is 1. The molecule has 1 rings (SSSR count). The quantitative estimate of drug-likeness (QED) is 0.405.